The predicted molar refractivity (Wildman–Crippen MR) is 82.8 cm³/mol. The van der Waals surface area contributed by atoms with Crippen molar-refractivity contribution in [2.24, 2.45) is 5.92 Å². The minimum atomic E-state index is -0.860. The fourth-order valence-electron chi connectivity index (χ4n) is 2.87. The molecule has 0 heterocycles. The first-order valence-electron chi connectivity index (χ1n) is 8.16. The molecule has 0 radical (unpaired) electrons. The monoisotopic (exact) mass is 309 g/mol. The second-order valence-corrected chi connectivity index (χ2v) is 5.78. The van der Waals surface area contributed by atoms with Crippen molar-refractivity contribution in [1.82, 2.24) is 9.80 Å². The van der Waals surface area contributed by atoms with E-state index in [0.717, 1.165) is 30.6 Å². The zero-order valence-corrected chi connectivity index (χ0v) is 13.9. The molecule has 0 aromatic heterocycles. The summed E-state index contributed by atoms with van der Waals surface area (Å²) in [5.41, 5.74) is 0. The first-order valence-corrected chi connectivity index (χ1v) is 8.16. The van der Waals surface area contributed by atoms with Gasteiger partial charge in [0.05, 0.1) is 0 Å². The summed E-state index contributed by atoms with van der Waals surface area (Å²) in [4.78, 5) is 26.9. The highest BCUT2D eigenvalue weighted by Gasteiger charge is 2.31. The van der Waals surface area contributed by atoms with Crippen molar-refractivity contribution in [2.45, 2.75) is 58.5 Å². The average Bonchev–Trinajstić information content (AvgIpc) is 2.54. The number of likely N-dealkylation sites (N-methyl/N-ethyl adjacent to an activating group) is 1. The zero-order chi connectivity index (χ0) is 16.5. The molecule has 6 heteroatoms. The maximum absolute atomic E-state index is 12.3. The Morgan fingerprint density at radius 2 is 1.82 bits per heavy atom. The van der Waals surface area contributed by atoms with Crippen molar-refractivity contribution in [3.05, 3.63) is 0 Å². The van der Waals surface area contributed by atoms with Crippen molar-refractivity contribution in [3.63, 3.8) is 0 Å². The van der Waals surface area contributed by atoms with Gasteiger partial charge < -0.3 is 9.64 Å². The maximum atomic E-state index is 12.3. The van der Waals surface area contributed by atoms with E-state index in [9.17, 15) is 9.59 Å². The third-order valence-corrected chi connectivity index (χ3v) is 4.29. The van der Waals surface area contributed by atoms with Gasteiger partial charge >= 0.3 is 6.09 Å². The van der Waals surface area contributed by atoms with E-state index in [1.807, 2.05) is 13.8 Å². The van der Waals surface area contributed by atoms with Crippen molar-refractivity contribution >= 4 is 12.0 Å². The second-order valence-electron chi connectivity index (χ2n) is 5.78. The van der Waals surface area contributed by atoms with E-state index in [1.54, 1.807) is 6.19 Å². The summed E-state index contributed by atoms with van der Waals surface area (Å²) in [5.74, 6) is -0.0483. The number of carbonyl (C=O) groups is 2. The standard InChI is InChI=1S/C16H27N3O3/c1-4-19(5-2)16(21)22-14(15(20)18(3)12-17)11-13-9-7-6-8-10-13/h13-14H,4-11H2,1-3H3. The highest BCUT2D eigenvalue weighted by Crippen LogP contribution is 2.28. The predicted octanol–water partition coefficient (Wildman–Crippen LogP) is 2.74. The molecule has 0 aromatic rings. The zero-order valence-electron chi connectivity index (χ0n) is 13.9. The lowest BCUT2D eigenvalue weighted by Crippen LogP contribution is -2.42. The second kappa shape index (κ2) is 9.29. The van der Waals surface area contributed by atoms with Crippen LogP contribution in [0.3, 0.4) is 0 Å². The molecular weight excluding hydrogens is 282 g/mol. The molecule has 2 amide bonds. The quantitative estimate of drug-likeness (QED) is 0.558. The van der Waals surface area contributed by atoms with Crippen molar-refractivity contribution in [2.75, 3.05) is 20.1 Å². The van der Waals surface area contributed by atoms with Crippen LogP contribution in [-0.2, 0) is 9.53 Å². The molecule has 1 rings (SSSR count). The van der Waals surface area contributed by atoms with Gasteiger partial charge in [-0.1, -0.05) is 32.1 Å². The van der Waals surface area contributed by atoms with Crippen LogP contribution >= 0.6 is 0 Å². The van der Waals surface area contributed by atoms with E-state index >= 15 is 0 Å². The van der Waals surface area contributed by atoms with E-state index in [1.165, 1.54) is 18.4 Å². The van der Waals surface area contributed by atoms with Gasteiger partial charge in [-0.15, -0.1) is 0 Å². The average molecular weight is 309 g/mol. The lowest BCUT2D eigenvalue weighted by Gasteiger charge is -2.28. The molecule has 1 aliphatic rings. The molecule has 0 N–H and O–H groups in total. The smallest absolute Gasteiger partial charge is 0.410 e. The van der Waals surface area contributed by atoms with Crippen molar-refractivity contribution in [1.29, 1.82) is 5.26 Å². The molecule has 0 aliphatic heterocycles. The highest BCUT2D eigenvalue weighted by molar-refractivity contribution is 5.84. The van der Waals surface area contributed by atoms with Crippen LogP contribution in [0.15, 0.2) is 0 Å². The third kappa shape index (κ3) is 5.21. The summed E-state index contributed by atoms with van der Waals surface area (Å²) >= 11 is 0. The van der Waals surface area contributed by atoms with Gasteiger partial charge in [0.1, 0.15) is 0 Å². The SMILES string of the molecule is CCN(CC)C(=O)OC(CC1CCCCC1)C(=O)N(C)C#N. The van der Waals surface area contributed by atoms with Crippen LogP contribution in [-0.4, -0.2) is 48.0 Å². The Balaban J connectivity index is 2.74. The van der Waals surface area contributed by atoms with Gasteiger partial charge in [0.25, 0.3) is 5.91 Å². The van der Waals surface area contributed by atoms with Gasteiger partial charge in [0.2, 0.25) is 0 Å². The van der Waals surface area contributed by atoms with Gasteiger partial charge in [-0.05, 0) is 26.2 Å². The summed E-state index contributed by atoms with van der Waals surface area (Å²) < 4.78 is 5.43. The molecule has 22 heavy (non-hydrogen) atoms. The fourth-order valence-corrected chi connectivity index (χ4v) is 2.87. The molecule has 0 spiro atoms. The molecule has 0 saturated heterocycles. The van der Waals surface area contributed by atoms with Gasteiger partial charge in [-0.3, -0.25) is 4.79 Å². The Hall–Kier alpha value is -1.77. The summed E-state index contributed by atoms with van der Waals surface area (Å²) in [7, 11) is 1.40. The number of ether oxygens (including phenoxy) is 1. The van der Waals surface area contributed by atoms with Crippen molar-refractivity contribution in [3.8, 4) is 6.19 Å². The van der Waals surface area contributed by atoms with Crippen LogP contribution in [0, 0.1) is 17.4 Å². The molecule has 1 fully saturated rings. The molecule has 1 aliphatic carbocycles. The normalized spacial score (nSPS) is 16.5. The van der Waals surface area contributed by atoms with E-state index in [2.05, 4.69) is 0 Å². The van der Waals surface area contributed by atoms with Crippen LogP contribution in [0.1, 0.15) is 52.4 Å². The summed E-state index contributed by atoms with van der Waals surface area (Å²) in [5, 5.41) is 8.90. The maximum Gasteiger partial charge on any atom is 0.410 e. The minimum absolute atomic E-state index is 0.388. The summed E-state index contributed by atoms with van der Waals surface area (Å²) in [6.45, 7) is 4.80. The molecular formula is C16H27N3O3. The number of nitriles is 1. The first kappa shape index (κ1) is 18.3. The van der Waals surface area contributed by atoms with Gasteiger partial charge in [0.15, 0.2) is 12.3 Å². The first-order chi connectivity index (χ1) is 10.5. The summed E-state index contributed by atoms with van der Waals surface area (Å²) in [6.07, 6.45) is 6.62. The van der Waals surface area contributed by atoms with Gasteiger partial charge in [-0.2, -0.15) is 5.26 Å². The number of amides is 2. The lowest BCUT2D eigenvalue weighted by atomic mass is 9.85. The molecule has 6 nitrogen and oxygen atoms in total. The lowest BCUT2D eigenvalue weighted by molar-refractivity contribution is -0.137. The number of hydrogen-bond donors (Lipinski definition) is 0. The molecule has 1 atom stereocenters. The van der Waals surface area contributed by atoms with Gasteiger partial charge in [0, 0.05) is 20.1 Å². The van der Waals surface area contributed by atoms with Crippen LogP contribution in [0.4, 0.5) is 4.79 Å². The molecule has 0 bridgehead atoms. The number of nitrogens with zero attached hydrogens (tertiary/aromatic N) is 3. The number of carbonyl (C=O) groups excluding carboxylic acids is 2. The Morgan fingerprint density at radius 3 is 2.32 bits per heavy atom. The Labute approximate surface area is 133 Å². The molecule has 1 saturated carbocycles. The Bertz CT molecular complexity index is 409. The van der Waals surface area contributed by atoms with Crippen LogP contribution in [0.25, 0.3) is 0 Å². The van der Waals surface area contributed by atoms with Gasteiger partial charge in [-0.25, -0.2) is 9.69 Å². The van der Waals surface area contributed by atoms with Crippen LogP contribution < -0.4 is 0 Å². The number of hydrogen-bond acceptors (Lipinski definition) is 4. The fraction of sp³-hybridized carbons (Fsp3) is 0.812. The van der Waals surface area contributed by atoms with Crippen LogP contribution in [0.2, 0.25) is 0 Å². The Kier molecular flexibility index (Phi) is 7.72. The third-order valence-electron chi connectivity index (χ3n) is 4.29. The Morgan fingerprint density at radius 1 is 1.23 bits per heavy atom. The molecule has 1 unspecified atom stereocenters. The molecule has 124 valence electrons. The summed E-state index contributed by atoms with van der Waals surface area (Å²) in [6, 6.07) is 0. The van der Waals surface area contributed by atoms with E-state index < -0.39 is 18.1 Å². The largest absolute Gasteiger partial charge is 0.436 e. The van der Waals surface area contributed by atoms with Crippen molar-refractivity contribution < 1.29 is 14.3 Å². The van der Waals surface area contributed by atoms with Crippen LogP contribution in [0.5, 0.6) is 0 Å². The van der Waals surface area contributed by atoms with E-state index in [0.29, 0.717) is 25.4 Å². The molecule has 0 aromatic carbocycles. The topological polar surface area (TPSA) is 73.6 Å². The van der Waals surface area contributed by atoms with E-state index in [4.69, 9.17) is 10.00 Å². The number of rotatable bonds is 6. The van der Waals surface area contributed by atoms with E-state index in [-0.39, 0.29) is 0 Å². The highest BCUT2D eigenvalue weighted by atomic mass is 16.6. The minimum Gasteiger partial charge on any atom is -0.436 e.